The minimum absolute atomic E-state index is 0.0995. The van der Waals surface area contributed by atoms with E-state index in [1.807, 2.05) is 21.0 Å². The van der Waals surface area contributed by atoms with Gasteiger partial charge in [0.25, 0.3) is 0 Å². The fourth-order valence-electron chi connectivity index (χ4n) is 2.06. The van der Waals surface area contributed by atoms with Gasteiger partial charge in [0.15, 0.2) is 0 Å². The van der Waals surface area contributed by atoms with Crippen LogP contribution in [0.1, 0.15) is 27.2 Å². The molecule has 0 aromatic heterocycles. The molecule has 0 heterocycles. The third kappa shape index (κ3) is 5.74. The molecular weight excluding hydrogens is 192 g/mol. The number of hydrogen-bond acceptors (Lipinski definition) is 3. The molecule has 90 valence electrons. The highest BCUT2D eigenvalue weighted by atomic mass is 16.4. The van der Waals surface area contributed by atoms with Crippen molar-refractivity contribution in [3.8, 4) is 0 Å². The van der Waals surface area contributed by atoms with Gasteiger partial charge < -0.3 is 10.0 Å². The van der Waals surface area contributed by atoms with Crippen molar-refractivity contribution in [2.45, 2.75) is 39.3 Å². The molecule has 2 atom stereocenters. The Kier molecular flexibility index (Phi) is 6.52. The fraction of sp³-hybridized carbons (Fsp3) is 0.909. The molecule has 0 bridgehead atoms. The van der Waals surface area contributed by atoms with Gasteiger partial charge in [0.2, 0.25) is 0 Å². The van der Waals surface area contributed by atoms with Gasteiger partial charge in [-0.2, -0.15) is 0 Å². The highest BCUT2D eigenvalue weighted by molar-refractivity contribution is 5.67. The number of nitrogens with zero attached hydrogens (tertiary/aromatic N) is 2. The smallest absolute Gasteiger partial charge is 0.304 e. The lowest BCUT2D eigenvalue weighted by molar-refractivity contribution is -0.138. The van der Waals surface area contributed by atoms with Gasteiger partial charge in [-0.1, -0.05) is 6.92 Å². The van der Waals surface area contributed by atoms with Gasteiger partial charge in [0.1, 0.15) is 0 Å². The monoisotopic (exact) mass is 216 g/mol. The number of aliphatic carboxylic acids is 1. The van der Waals surface area contributed by atoms with Crippen molar-refractivity contribution < 1.29 is 9.90 Å². The fourth-order valence-corrected chi connectivity index (χ4v) is 2.06. The quantitative estimate of drug-likeness (QED) is 0.692. The Morgan fingerprint density at radius 1 is 1.27 bits per heavy atom. The summed E-state index contributed by atoms with van der Waals surface area (Å²) in [5.74, 6) is -0.724. The van der Waals surface area contributed by atoms with E-state index in [4.69, 9.17) is 5.11 Å². The summed E-state index contributed by atoms with van der Waals surface area (Å²) in [6, 6.07) is 0.488. The summed E-state index contributed by atoms with van der Waals surface area (Å²) in [6.45, 7) is 8.04. The minimum atomic E-state index is -0.724. The standard InChI is InChI=1S/C11H24N2O2/c1-6-13(9(2)7-11(14)15)10(3)8-12(4)5/h9-10H,6-8H2,1-5H3,(H,14,15). The van der Waals surface area contributed by atoms with Crippen LogP contribution >= 0.6 is 0 Å². The molecule has 0 saturated heterocycles. The second kappa shape index (κ2) is 6.80. The van der Waals surface area contributed by atoms with Crippen molar-refractivity contribution in [1.82, 2.24) is 9.80 Å². The zero-order valence-corrected chi connectivity index (χ0v) is 10.5. The van der Waals surface area contributed by atoms with Crippen LogP contribution in [0.2, 0.25) is 0 Å². The zero-order valence-electron chi connectivity index (χ0n) is 10.5. The van der Waals surface area contributed by atoms with Crippen LogP contribution in [0.5, 0.6) is 0 Å². The SMILES string of the molecule is CCN(C(C)CC(=O)O)C(C)CN(C)C. The molecule has 15 heavy (non-hydrogen) atoms. The van der Waals surface area contributed by atoms with Crippen LogP contribution in [-0.2, 0) is 4.79 Å². The number of carboxylic acids is 1. The van der Waals surface area contributed by atoms with Crippen molar-refractivity contribution in [2.24, 2.45) is 0 Å². The van der Waals surface area contributed by atoms with E-state index in [2.05, 4.69) is 23.6 Å². The summed E-state index contributed by atoms with van der Waals surface area (Å²) < 4.78 is 0. The molecule has 1 N–H and O–H groups in total. The molecule has 2 unspecified atom stereocenters. The lowest BCUT2D eigenvalue weighted by Gasteiger charge is -2.34. The van der Waals surface area contributed by atoms with Crippen molar-refractivity contribution in [2.75, 3.05) is 27.2 Å². The van der Waals surface area contributed by atoms with E-state index in [0.29, 0.717) is 6.04 Å². The Hall–Kier alpha value is -0.610. The minimum Gasteiger partial charge on any atom is -0.481 e. The predicted molar refractivity (Wildman–Crippen MR) is 62.1 cm³/mol. The van der Waals surface area contributed by atoms with E-state index >= 15 is 0 Å². The Labute approximate surface area is 92.9 Å². The normalized spacial score (nSPS) is 15.7. The lowest BCUT2D eigenvalue weighted by Crippen LogP contribution is -2.45. The summed E-state index contributed by atoms with van der Waals surface area (Å²) in [5, 5.41) is 8.75. The molecular formula is C11H24N2O2. The number of carboxylic acid groups (broad SMARTS) is 1. The van der Waals surface area contributed by atoms with E-state index in [1.165, 1.54) is 0 Å². The average molecular weight is 216 g/mol. The van der Waals surface area contributed by atoms with E-state index in [0.717, 1.165) is 13.1 Å². The van der Waals surface area contributed by atoms with Crippen molar-refractivity contribution in [3.63, 3.8) is 0 Å². The molecule has 0 radical (unpaired) electrons. The molecule has 0 saturated carbocycles. The summed E-state index contributed by atoms with van der Waals surface area (Å²) in [6.07, 6.45) is 0.214. The molecule has 0 aliphatic rings. The molecule has 0 aromatic rings. The average Bonchev–Trinajstić information content (AvgIpc) is 2.01. The first-order valence-electron chi connectivity index (χ1n) is 5.50. The summed E-state index contributed by atoms with van der Waals surface area (Å²) in [5.41, 5.74) is 0. The number of hydrogen-bond donors (Lipinski definition) is 1. The van der Waals surface area contributed by atoms with E-state index < -0.39 is 5.97 Å². The van der Waals surface area contributed by atoms with Crippen molar-refractivity contribution in [3.05, 3.63) is 0 Å². The van der Waals surface area contributed by atoms with Crippen molar-refractivity contribution in [1.29, 1.82) is 0 Å². The van der Waals surface area contributed by atoms with Crippen LogP contribution in [0.3, 0.4) is 0 Å². The first-order chi connectivity index (χ1) is 6.88. The third-order valence-corrected chi connectivity index (χ3v) is 2.60. The molecule has 0 aromatic carbocycles. The van der Waals surface area contributed by atoms with Gasteiger partial charge in [0, 0.05) is 18.6 Å². The Morgan fingerprint density at radius 2 is 1.80 bits per heavy atom. The second-order valence-corrected chi connectivity index (χ2v) is 4.39. The molecule has 4 heteroatoms. The number of likely N-dealkylation sites (N-methyl/N-ethyl adjacent to an activating group) is 2. The number of carbonyl (C=O) groups is 1. The summed E-state index contributed by atoms with van der Waals surface area (Å²) in [7, 11) is 4.07. The molecule has 0 rings (SSSR count). The van der Waals surface area contributed by atoms with Crippen LogP contribution in [0.4, 0.5) is 0 Å². The zero-order chi connectivity index (χ0) is 12.0. The highest BCUT2D eigenvalue weighted by Gasteiger charge is 2.20. The van der Waals surface area contributed by atoms with Gasteiger partial charge in [0.05, 0.1) is 6.42 Å². The Morgan fingerprint density at radius 3 is 2.13 bits per heavy atom. The molecule has 0 fully saturated rings. The molecule has 0 aliphatic heterocycles. The van der Waals surface area contributed by atoms with E-state index in [1.54, 1.807) is 0 Å². The number of rotatable bonds is 7. The molecule has 0 amide bonds. The third-order valence-electron chi connectivity index (χ3n) is 2.60. The maximum Gasteiger partial charge on any atom is 0.304 e. The van der Waals surface area contributed by atoms with Gasteiger partial charge in [-0.15, -0.1) is 0 Å². The second-order valence-electron chi connectivity index (χ2n) is 4.39. The van der Waals surface area contributed by atoms with E-state index in [-0.39, 0.29) is 12.5 Å². The summed E-state index contributed by atoms with van der Waals surface area (Å²) in [4.78, 5) is 15.0. The van der Waals surface area contributed by atoms with Crippen LogP contribution in [0.15, 0.2) is 0 Å². The van der Waals surface area contributed by atoms with Crippen LogP contribution in [0, 0.1) is 0 Å². The summed E-state index contributed by atoms with van der Waals surface area (Å²) >= 11 is 0. The Bertz CT molecular complexity index is 195. The largest absolute Gasteiger partial charge is 0.481 e. The Balaban J connectivity index is 4.26. The molecule has 0 spiro atoms. The first kappa shape index (κ1) is 14.4. The predicted octanol–water partition coefficient (Wildman–Crippen LogP) is 1.12. The molecule has 0 aliphatic carbocycles. The first-order valence-corrected chi connectivity index (χ1v) is 5.50. The van der Waals surface area contributed by atoms with Crippen LogP contribution in [0.25, 0.3) is 0 Å². The van der Waals surface area contributed by atoms with Crippen molar-refractivity contribution >= 4 is 5.97 Å². The van der Waals surface area contributed by atoms with Gasteiger partial charge in [-0.3, -0.25) is 9.69 Å². The van der Waals surface area contributed by atoms with Crippen LogP contribution in [-0.4, -0.2) is 60.1 Å². The van der Waals surface area contributed by atoms with Gasteiger partial charge >= 0.3 is 5.97 Å². The van der Waals surface area contributed by atoms with Crippen LogP contribution < -0.4 is 0 Å². The lowest BCUT2D eigenvalue weighted by atomic mass is 10.1. The van der Waals surface area contributed by atoms with Gasteiger partial charge in [-0.25, -0.2) is 0 Å². The molecule has 4 nitrogen and oxygen atoms in total. The maximum atomic E-state index is 10.6. The maximum absolute atomic E-state index is 10.6. The topological polar surface area (TPSA) is 43.8 Å². The highest BCUT2D eigenvalue weighted by Crippen LogP contribution is 2.09. The van der Waals surface area contributed by atoms with E-state index in [9.17, 15) is 4.79 Å². The van der Waals surface area contributed by atoms with Gasteiger partial charge in [-0.05, 0) is 34.5 Å².